The number of benzene rings is 1. The van der Waals surface area contributed by atoms with E-state index >= 15 is 0 Å². The molecule has 0 amide bonds. The van der Waals surface area contributed by atoms with E-state index < -0.39 is 0 Å². The number of hydrogen-bond donors (Lipinski definition) is 1. The molecule has 3 nitrogen and oxygen atoms in total. The Hall–Kier alpha value is -1.71. The van der Waals surface area contributed by atoms with Crippen LogP contribution in [0.5, 0.6) is 0 Å². The standard InChI is InChI=1S/C18H23N3/c1-14(2)13-18(21-11-9-19-10-12-21)16-7-8-20-17-6-4-3-5-15(16)17/h3-8,18-19H,1,9-13H2,2H3/t18-/m1/s1. The Morgan fingerprint density at radius 1 is 1.29 bits per heavy atom. The van der Waals surface area contributed by atoms with Crippen molar-refractivity contribution in [3.63, 3.8) is 0 Å². The predicted molar refractivity (Wildman–Crippen MR) is 88.4 cm³/mol. The van der Waals surface area contributed by atoms with E-state index in [2.05, 4.69) is 59.0 Å². The van der Waals surface area contributed by atoms with Gasteiger partial charge < -0.3 is 5.32 Å². The Morgan fingerprint density at radius 3 is 2.81 bits per heavy atom. The van der Waals surface area contributed by atoms with Crippen LogP contribution in [0.1, 0.15) is 24.9 Å². The highest BCUT2D eigenvalue weighted by Gasteiger charge is 2.23. The van der Waals surface area contributed by atoms with E-state index in [1.54, 1.807) is 0 Å². The molecule has 2 aromatic rings. The number of aromatic nitrogens is 1. The highest BCUT2D eigenvalue weighted by atomic mass is 15.2. The van der Waals surface area contributed by atoms with Crippen LogP contribution in [0.2, 0.25) is 0 Å². The van der Waals surface area contributed by atoms with Crippen LogP contribution in [0, 0.1) is 0 Å². The highest BCUT2D eigenvalue weighted by Crippen LogP contribution is 2.31. The number of nitrogens with one attached hydrogen (secondary N) is 1. The molecule has 1 atom stereocenters. The topological polar surface area (TPSA) is 28.2 Å². The lowest BCUT2D eigenvalue weighted by Gasteiger charge is -2.36. The molecule has 0 aliphatic carbocycles. The number of pyridine rings is 1. The molecule has 0 unspecified atom stereocenters. The summed E-state index contributed by atoms with van der Waals surface area (Å²) in [6, 6.07) is 11.0. The summed E-state index contributed by atoms with van der Waals surface area (Å²) in [5.41, 5.74) is 3.70. The van der Waals surface area contributed by atoms with Crippen molar-refractivity contribution in [2.75, 3.05) is 26.2 Å². The number of para-hydroxylation sites is 1. The molecule has 1 aromatic heterocycles. The average molecular weight is 281 g/mol. The fraction of sp³-hybridized carbons (Fsp3) is 0.389. The largest absolute Gasteiger partial charge is 0.314 e. The fourth-order valence-corrected chi connectivity index (χ4v) is 3.17. The van der Waals surface area contributed by atoms with Gasteiger partial charge in [-0.15, -0.1) is 6.58 Å². The zero-order valence-electron chi connectivity index (χ0n) is 12.7. The first-order valence-corrected chi connectivity index (χ1v) is 7.68. The van der Waals surface area contributed by atoms with E-state index in [-0.39, 0.29) is 0 Å². The van der Waals surface area contributed by atoms with Gasteiger partial charge in [0.05, 0.1) is 5.52 Å². The summed E-state index contributed by atoms with van der Waals surface area (Å²) >= 11 is 0. The summed E-state index contributed by atoms with van der Waals surface area (Å²) in [6.07, 6.45) is 2.94. The minimum absolute atomic E-state index is 0.400. The van der Waals surface area contributed by atoms with Crippen molar-refractivity contribution in [3.05, 3.63) is 54.2 Å². The summed E-state index contributed by atoms with van der Waals surface area (Å²) in [7, 11) is 0. The van der Waals surface area contributed by atoms with Gasteiger partial charge in [-0.05, 0) is 31.0 Å². The zero-order valence-corrected chi connectivity index (χ0v) is 12.7. The fourth-order valence-electron chi connectivity index (χ4n) is 3.17. The van der Waals surface area contributed by atoms with Gasteiger partial charge in [0.15, 0.2) is 0 Å². The van der Waals surface area contributed by atoms with Crippen molar-refractivity contribution >= 4 is 10.9 Å². The summed E-state index contributed by atoms with van der Waals surface area (Å²) in [6.45, 7) is 10.6. The summed E-state index contributed by atoms with van der Waals surface area (Å²) in [5, 5.41) is 4.70. The van der Waals surface area contributed by atoms with Crippen LogP contribution in [0.4, 0.5) is 0 Å². The smallest absolute Gasteiger partial charge is 0.0705 e. The average Bonchev–Trinajstić information content (AvgIpc) is 2.53. The van der Waals surface area contributed by atoms with Gasteiger partial charge in [-0.2, -0.15) is 0 Å². The molecule has 1 fully saturated rings. The molecule has 1 aliphatic heterocycles. The number of piperazine rings is 1. The van der Waals surface area contributed by atoms with Crippen LogP contribution in [0.3, 0.4) is 0 Å². The number of nitrogens with zero attached hydrogens (tertiary/aromatic N) is 2. The Morgan fingerprint density at radius 2 is 2.05 bits per heavy atom. The van der Waals surface area contributed by atoms with Crippen molar-refractivity contribution < 1.29 is 0 Å². The lowest BCUT2D eigenvalue weighted by atomic mass is 9.95. The molecule has 0 spiro atoms. The molecular formula is C18H23N3. The Balaban J connectivity index is 2.02. The van der Waals surface area contributed by atoms with Crippen LogP contribution in [0.25, 0.3) is 10.9 Å². The Labute approximate surface area is 126 Å². The van der Waals surface area contributed by atoms with Gasteiger partial charge in [0.2, 0.25) is 0 Å². The molecule has 3 heteroatoms. The third-order valence-corrected chi connectivity index (χ3v) is 4.18. The van der Waals surface area contributed by atoms with E-state index in [0.29, 0.717) is 6.04 Å². The van der Waals surface area contributed by atoms with Gasteiger partial charge >= 0.3 is 0 Å². The van der Waals surface area contributed by atoms with Gasteiger partial charge in [-0.1, -0.05) is 23.8 Å². The van der Waals surface area contributed by atoms with Gasteiger partial charge in [0.1, 0.15) is 0 Å². The second-order valence-electron chi connectivity index (χ2n) is 5.88. The second kappa shape index (κ2) is 6.37. The maximum Gasteiger partial charge on any atom is 0.0705 e. The van der Waals surface area contributed by atoms with Crippen LogP contribution in [-0.4, -0.2) is 36.1 Å². The molecule has 1 aromatic carbocycles. The van der Waals surface area contributed by atoms with E-state index in [1.807, 2.05) is 6.20 Å². The molecule has 1 aliphatic rings. The van der Waals surface area contributed by atoms with Gasteiger partial charge in [0.25, 0.3) is 0 Å². The Bertz CT molecular complexity index is 624. The predicted octanol–water partition coefficient (Wildman–Crippen LogP) is 3.15. The summed E-state index contributed by atoms with van der Waals surface area (Å²) in [5.74, 6) is 0. The van der Waals surface area contributed by atoms with Crippen molar-refractivity contribution in [1.82, 2.24) is 15.2 Å². The van der Waals surface area contributed by atoms with Crippen molar-refractivity contribution in [2.24, 2.45) is 0 Å². The normalized spacial score (nSPS) is 17.8. The maximum atomic E-state index is 4.50. The van der Waals surface area contributed by atoms with Crippen LogP contribution in [0.15, 0.2) is 48.7 Å². The third-order valence-electron chi connectivity index (χ3n) is 4.18. The molecule has 21 heavy (non-hydrogen) atoms. The van der Waals surface area contributed by atoms with Crippen molar-refractivity contribution in [2.45, 2.75) is 19.4 Å². The highest BCUT2D eigenvalue weighted by molar-refractivity contribution is 5.82. The van der Waals surface area contributed by atoms with E-state index in [0.717, 1.165) is 38.1 Å². The second-order valence-corrected chi connectivity index (χ2v) is 5.88. The molecule has 110 valence electrons. The van der Waals surface area contributed by atoms with Crippen molar-refractivity contribution in [1.29, 1.82) is 0 Å². The van der Waals surface area contributed by atoms with E-state index in [9.17, 15) is 0 Å². The van der Waals surface area contributed by atoms with Crippen LogP contribution in [-0.2, 0) is 0 Å². The first-order chi connectivity index (χ1) is 10.3. The van der Waals surface area contributed by atoms with Gasteiger partial charge in [0, 0.05) is 43.8 Å². The minimum atomic E-state index is 0.400. The minimum Gasteiger partial charge on any atom is -0.314 e. The first kappa shape index (κ1) is 14.2. The SMILES string of the molecule is C=C(C)C[C@H](c1ccnc2ccccc12)N1CCNCC1. The number of hydrogen-bond acceptors (Lipinski definition) is 3. The molecule has 2 heterocycles. The number of rotatable bonds is 4. The molecule has 0 saturated carbocycles. The monoisotopic (exact) mass is 281 g/mol. The molecule has 1 saturated heterocycles. The quantitative estimate of drug-likeness (QED) is 0.873. The first-order valence-electron chi connectivity index (χ1n) is 7.68. The van der Waals surface area contributed by atoms with Gasteiger partial charge in [-0.25, -0.2) is 0 Å². The van der Waals surface area contributed by atoms with Crippen LogP contribution >= 0.6 is 0 Å². The molecule has 0 radical (unpaired) electrons. The lowest BCUT2D eigenvalue weighted by Crippen LogP contribution is -2.45. The van der Waals surface area contributed by atoms with Crippen LogP contribution < -0.4 is 5.32 Å². The zero-order chi connectivity index (χ0) is 14.7. The van der Waals surface area contributed by atoms with Gasteiger partial charge in [-0.3, -0.25) is 9.88 Å². The molecule has 3 rings (SSSR count). The lowest BCUT2D eigenvalue weighted by molar-refractivity contribution is 0.173. The maximum absolute atomic E-state index is 4.50. The number of fused-ring (bicyclic) bond motifs is 1. The third kappa shape index (κ3) is 3.14. The van der Waals surface area contributed by atoms with E-state index in [1.165, 1.54) is 16.5 Å². The summed E-state index contributed by atoms with van der Waals surface area (Å²) < 4.78 is 0. The Kier molecular flexibility index (Phi) is 4.32. The summed E-state index contributed by atoms with van der Waals surface area (Å²) in [4.78, 5) is 7.07. The molecule has 0 bridgehead atoms. The van der Waals surface area contributed by atoms with Crippen molar-refractivity contribution in [3.8, 4) is 0 Å². The van der Waals surface area contributed by atoms with E-state index in [4.69, 9.17) is 0 Å². The molecule has 1 N–H and O–H groups in total. The molecular weight excluding hydrogens is 258 g/mol.